The van der Waals surface area contributed by atoms with Crippen molar-refractivity contribution in [3.05, 3.63) is 54.1 Å². The summed E-state index contributed by atoms with van der Waals surface area (Å²) in [6, 6.07) is 10.0. The van der Waals surface area contributed by atoms with Gasteiger partial charge in [0.15, 0.2) is 0 Å². The fourth-order valence-corrected chi connectivity index (χ4v) is 5.16. The van der Waals surface area contributed by atoms with E-state index in [9.17, 15) is 10.2 Å². The maximum Gasteiger partial charge on any atom is 0.145 e. The Hall–Kier alpha value is -3.36. The number of aryl methyl sites for hydroxylation is 1. The Morgan fingerprint density at radius 3 is 2.91 bits per heavy atom. The molecule has 0 amide bonds. The number of nitrogen functional groups attached to an aromatic ring is 1. The molecule has 0 saturated heterocycles. The Bertz CT molecular complexity index is 1360. The highest BCUT2D eigenvalue weighted by atomic mass is 16.3. The van der Waals surface area contributed by atoms with Gasteiger partial charge in [-0.2, -0.15) is 0 Å². The maximum absolute atomic E-state index is 10.8. The molecule has 4 atom stereocenters. The fraction of sp³-hybridized carbons (Fsp3) is 0.333. The number of benzene rings is 1. The van der Waals surface area contributed by atoms with Crippen LogP contribution in [0.4, 0.5) is 11.5 Å². The predicted octanol–water partition coefficient (Wildman–Crippen LogP) is 2.74. The number of rotatable bonds is 4. The molecule has 8 heteroatoms. The minimum absolute atomic E-state index is 0.0105. The van der Waals surface area contributed by atoms with Gasteiger partial charge in [-0.1, -0.05) is 12.1 Å². The van der Waals surface area contributed by atoms with E-state index in [0.29, 0.717) is 17.9 Å². The molecule has 0 radical (unpaired) electrons. The molecular weight excluding hydrogens is 404 g/mol. The van der Waals surface area contributed by atoms with E-state index in [4.69, 9.17) is 10.7 Å². The quantitative estimate of drug-likeness (QED) is 0.459. The zero-order chi connectivity index (χ0) is 21.8. The first-order valence-corrected chi connectivity index (χ1v) is 11.0. The molecule has 4 aromatic rings. The van der Waals surface area contributed by atoms with Crippen molar-refractivity contribution in [3.63, 3.8) is 0 Å². The van der Waals surface area contributed by atoms with Crippen molar-refractivity contribution in [2.24, 2.45) is 10.9 Å². The Kier molecular flexibility index (Phi) is 4.44. The van der Waals surface area contributed by atoms with Crippen LogP contribution in [0, 0.1) is 5.92 Å². The number of hydrogen-bond acceptors (Lipinski definition) is 7. The lowest BCUT2D eigenvalue weighted by atomic mass is 9.95. The normalized spacial score (nSPS) is 24.6. The molecule has 0 unspecified atom stereocenters. The third-order valence-corrected chi connectivity index (χ3v) is 6.93. The van der Waals surface area contributed by atoms with Crippen LogP contribution in [0.25, 0.3) is 21.9 Å². The predicted molar refractivity (Wildman–Crippen MR) is 123 cm³/mol. The van der Waals surface area contributed by atoms with E-state index in [-0.39, 0.29) is 12.0 Å². The van der Waals surface area contributed by atoms with Crippen molar-refractivity contribution in [2.45, 2.75) is 43.9 Å². The number of aliphatic imine (C=N–C) groups is 1. The molecular formula is C24H24N6O2. The number of nitrogens with two attached hydrogens (primary N) is 1. The second kappa shape index (κ2) is 7.36. The smallest absolute Gasteiger partial charge is 0.145 e. The van der Waals surface area contributed by atoms with E-state index in [2.05, 4.69) is 39.2 Å². The highest BCUT2D eigenvalue weighted by molar-refractivity contribution is 5.87. The maximum atomic E-state index is 10.8. The number of anilines is 1. The first kappa shape index (κ1) is 19.3. The standard InChI is InChI=1S/C24H24N6O2/c25-23-16-6-8-30(24(16)28-12-27-23)20-11-15(21(31)22(20)32)4-2-13-1-3-14-10-19-17(5-7-26-19)29-18(14)9-13/h1,3,6-10,12,15,20-22,31-32H,2,4-5,11H2,(H2,25,27,28)/t15-,20+,21+,22-/m0/s1. The first-order chi connectivity index (χ1) is 15.6. The molecule has 4 heterocycles. The van der Waals surface area contributed by atoms with Crippen LogP contribution in [0.2, 0.25) is 0 Å². The monoisotopic (exact) mass is 428 g/mol. The van der Waals surface area contributed by atoms with Gasteiger partial charge in [-0.05, 0) is 48.9 Å². The number of fused-ring (bicyclic) bond motifs is 3. The average molecular weight is 428 g/mol. The zero-order valence-corrected chi connectivity index (χ0v) is 17.5. The van der Waals surface area contributed by atoms with Gasteiger partial charge in [0.2, 0.25) is 0 Å². The summed E-state index contributed by atoms with van der Waals surface area (Å²) in [7, 11) is 0. The molecule has 0 spiro atoms. The van der Waals surface area contributed by atoms with Crippen LogP contribution < -0.4 is 5.73 Å². The molecule has 32 heavy (non-hydrogen) atoms. The van der Waals surface area contributed by atoms with Gasteiger partial charge in [0, 0.05) is 24.2 Å². The van der Waals surface area contributed by atoms with E-state index in [1.54, 1.807) is 0 Å². The molecule has 162 valence electrons. The van der Waals surface area contributed by atoms with Gasteiger partial charge >= 0.3 is 0 Å². The van der Waals surface area contributed by atoms with E-state index >= 15 is 0 Å². The van der Waals surface area contributed by atoms with Crippen LogP contribution in [0.15, 0.2) is 47.8 Å². The minimum Gasteiger partial charge on any atom is -0.390 e. The van der Waals surface area contributed by atoms with Crippen molar-refractivity contribution in [1.29, 1.82) is 0 Å². The van der Waals surface area contributed by atoms with Gasteiger partial charge in [0.1, 0.15) is 23.9 Å². The highest BCUT2D eigenvalue weighted by Gasteiger charge is 2.42. The molecule has 6 rings (SSSR count). The van der Waals surface area contributed by atoms with Crippen molar-refractivity contribution in [1.82, 2.24) is 19.5 Å². The molecule has 0 bridgehead atoms. The first-order valence-electron chi connectivity index (χ1n) is 11.0. The SMILES string of the molecule is Nc1ncnc2c1ccn2[C@@H]1C[C@H](CCc2ccc3cc4c(nc3c2)CC=N4)[C@@H](O)[C@H]1O. The van der Waals surface area contributed by atoms with Gasteiger partial charge in [-0.25, -0.2) is 9.97 Å². The average Bonchev–Trinajstić information content (AvgIpc) is 3.50. The van der Waals surface area contributed by atoms with E-state index in [1.165, 1.54) is 11.9 Å². The molecule has 3 aromatic heterocycles. The van der Waals surface area contributed by atoms with E-state index in [1.807, 2.05) is 23.0 Å². The zero-order valence-electron chi connectivity index (χ0n) is 17.5. The lowest BCUT2D eigenvalue weighted by Gasteiger charge is -2.19. The van der Waals surface area contributed by atoms with Crippen LogP contribution in [-0.4, -0.2) is 48.2 Å². The number of aliphatic hydroxyl groups excluding tert-OH is 2. The van der Waals surface area contributed by atoms with Crippen LogP contribution in [0.3, 0.4) is 0 Å². The largest absolute Gasteiger partial charge is 0.390 e. The summed E-state index contributed by atoms with van der Waals surface area (Å²) in [5, 5.41) is 23.4. The second-order valence-electron chi connectivity index (χ2n) is 8.80. The number of aliphatic hydroxyl groups is 2. The third kappa shape index (κ3) is 3.06. The summed E-state index contributed by atoms with van der Waals surface area (Å²) >= 11 is 0. The summed E-state index contributed by atoms with van der Waals surface area (Å²) in [5.41, 5.74) is 10.8. The topological polar surface area (TPSA) is 122 Å². The Balaban J connectivity index is 1.20. The molecule has 1 fully saturated rings. The van der Waals surface area contributed by atoms with Crippen molar-refractivity contribution < 1.29 is 10.2 Å². The van der Waals surface area contributed by atoms with Crippen LogP contribution in [-0.2, 0) is 12.8 Å². The molecule has 8 nitrogen and oxygen atoms in total. The summed E-state index contributed by atoms with van der Waals surface area (Å²) in [5.74, 6) is 0.407. The molecule has 1 aliphatic carbocycles. The van der Waals surface area contributed by atoms with E-state index < -0.39 is 12.2 Å². The van der Waals surface area contributed by atoms with Gasteiger partial charge in [-0.3, -0.25) is 9.98 Å². The van der Waals surface area contributed by atoms with Gasteiger partial charge < -0.3 is 20.5 Å². The van der Waals surface area contributed by atoms with Gasteiger partial charge in [0.05, 0.1) is 34.4 Å². The summed E-state index contributed by atoms with van der Waals surface area (Å²) in [6.45, 7) is 0. The minimum atomic E-state index is -0.854. The number of pyridine rings is 1. The number of hydrogen-bond donors (Lipinski definition) is 3. The highest BCUT2D eigenvalue weighted by Crippen LogP contribution is 2.39. The Labute approximate surface area is 184 Å². The van der Waals surface area contributed by atoms with Crippen molar-refractivity contribution in [3.8, 4) is 0 Å². The second-order valence-corrected chi connectivity index (χ2v) is 8.80. The summed E-state index contributed by atoms with van der Waals surface area (Å²) in [4.78, 5) is 17.5. The molecule has 1 aliphatic heterocycles. The summed E-state index contributed by atoms with van der Waals surface area (Å²) < 4.78 is 1.92. The Morgan fingerprint density at radius 1 is 1.09 bits per heavy atom. The van der Waals surface area contributed by atoms with Crippen molar-refractivity contribution >= 4 is 39.7 Å². The van der Waals surface area contributed by atoms with E-state index in [0.717, 1.165) is 46.9 Å². The fourth-order valence-electron chi connectivity index (χ4n) is 5.16. The van der Waals surface area contributed by atoms with Gasteiger partial charge in [-0.15, -0.1) is 0 Å². The van der Waals surface area contributed by atoms with Gasteiger partial charge in [0.25, 0.3) is 0 Å². The summed E-state index contributed by atoms with van der Waals surface area (Å²) in [6.07, 6.45) is 6.62. The van der Waals surface area contributed by atoms with Crippen LogP contribution in [0.5, 0.6) is 0 Å². The third-order valence-electron chi connectivity index (χ3n) is 6.93. The lowest BCUT2D eigenvalue weighted by Crippen LogP contribution is -2.29. The molecule has 1 saturated carbocycles. The number of nitrogens with zero attached hydrogens (tertiary/aromatic N) is 5. The lowest BCUT2D eigenvalue weighted by molar-refractivity contribution is 0.00545. The molecule has 4 N–H and O–H groups in total. The molecule has 2 aliphatic rings. The Morgan fingerprint density at radius 2 is 2.00 bits per heavy atom. The number of aromatic nitrogens is 4. The van der Waals surface area contributed by atoms with Crippen LogP contribution in [0.1, 0.15) is 30.1 Å². The van der Waals surface area contributed by atoms with Crippen LogP contribution >= 0.6 is 0 Å². The van der Waals surface area contributed by atoms with Crippen molar-refractivity contribution in [2.75, 3.05) is 5.73 Å². The molecule has 1 aromatic carbocycles.